The van der Waals surface area contributed by atoms with Crippen LogP contribution >= 0.6 is 0 Å². The van der Waals surface area contributed by atoms with Crippen molar-refractivity contribution in [2.75, 3.05) is 32.8 Å². The molecule has 0 radical (unpaired) electrons. The molecule has 0 amide bonds. The van der Waals surface area contributed by atoms with Crippen molar-refractivity contribution in [3.63, 3.8) is 0 Å². The predicted molar refractivity (Wildman–Crippen MR) is 73.5 cm³/mol. The zero-order valence-electron chi connectivity index (χ0n) is 11.8. The van der Waals surface area contributed by atoms with Crippen molar-refractivity contribution in [1.29, 1.82) is 0 Å². The molecule has 1 aromatic heterocycles. The third kappa shape index (κ3) is 5.16. The minimum absolute atomic E-state index is 0.523. The second kappa shape index (κ2) is 8.24. The van der Waals surface area contributed by atoms with Crippen LogP contribution in [0.3, 0.4) is 0 Å². The summed E-state index contributed by atoms with van der Waals surface area (Å²) in [5.41, 5.74) is 5.40. The molecule has 0 atom stereocenters. The summed E-state index contributed by atoms with van der Waals surface area (Å²) >= 11 is 0. The second-order valence-electron chi connectivity index (χ2n) is 4.70. The number of nitrogens with zero attached hydrogens (tertiary/aromatic N) is 3. The average Bonchev–Trinajstić information content (AvgIpc) is 2.73. The molecule has 2 N–H and O–H groups in total. The van der Waals surface area contributed by atoms with Gasteiger partial charge in [0.25, 0.3) is 0 Å². The van der Waals surface area contributed by atoms with E-state index in [-0.39, 0.29) is 0 Å². The molecule has 0 aliphatic rings. The number of imidazole rings is 1. The van der Waals surface area contributed by atoms with Gasteiger partial charge in [-0.15, -0.1) is 0 Å². The number of hydrogen-bond donors (Lipinski definition) is 1. The lowest BCUT2D eigenvalue weighted by Crippen LogP contribution is -2.36. The molecule has 0 aromatic carbocycles. The quantitative estimate of drug-likeness (QED) is 0.665. The first kappa shape index (κ1) is 15.1. The Hall–Kier alpha value is -0.910. The normalized spacial score (nSPS) is 11.7. The molecule has 5 nitrogen and oxygen atoms in total. The van der Waals surface area contributed by atoms with E-state index in [4.69, 9.17) is 10.5 Å². The van der Waals surface area contributed by atoms with Crippen LogP contribution in [-0.2, 0) is 11.3 Å². The summed E-state index contributed by atoms with van der Waals surface area (Å²) in [6.07, 6.45) is 3.87. The van der Waals surface area contributed by atoms with Crippen LogP contribution in [0.5, 0.6) is 0 Å². The van der Waals surface area contributed by atoms with E-state index < -0.39 is 0 Å². The maximum absolute atomic E-state index is 5.44. The zero-order valence-corrected chi connectivity index (χ0v) is 11.8. The fraction of sp³-hybridized carbons (Fsp3) is 0.769. The molecule has 0 spiro atoms. The summed E-state index contributed by atoms with van der Waals surface area (Å²) in [5.74, 6) is 1.07. The Kier molecular flexibility index (Phi) is 6.93. The number of aromatic nitrogens is 2. The Bertz CT molecular complexity index is 325. The summed E-state index contributed by atoms with van der Waals surface area (Å²) in [6, 6.07) is 0.523. The summed E-state index contributed by atoms with van der Waals surface area (Å²) in [4.78, 5) is 6.64. The van der Waals surface area contributed by atoms with Gasteiger partial charge in [-0.2, -0.15) is 0 Å². The molecule has 0 saturated carbocycles. The highest BCUT2D eigenvalue weighted by Crippen LogP contribution is 2.01. The van der Waals surface area contributed by atoms with Gasteiger partial charge in [0, 0.05) is 44.6 Å². The van der Waals surface area contributed by atoms with Crippen molar-refractivity contribution in [2.24, 2.45) is 5.73 Å². The molecule has 104 valence electrons. The minimum atomic E-state index is 0.523. The van der Waals surface area contributed by atoms with Crippen molar-refractivity contribution in [3.05, 3.63) is 18.2 Å². The van der Waals surface area contributed by atoms with Crippen LogP contribution in [-0.4, -0.2) is 53.3 Å². The molecule has 0 aliphatic carbocycles. The molecule has 0 fully saturated rings. The Balaban J connectivity index is 2.31. The molecular weight excluding hydrogens is 228 g/mol. The number of hydrogen-bond acceptors (Lipinski definition) is 4. The van der Waals surface area contributed by atoms with E-state index in [2.05, 4.69) is 28.3 Å². The van der Waals surface area contributed by atoms with E-state index in [1.54, 1.807) is 0 Å². The lowest BCUT2D eigenvalue weighted by Gasteiger charge is -2.26. The molecule has 1 aromatic rings. The Morgan fingerprint density at radius 3 is 2.72 bits per heavy atom. The van der Waals surface area contributed by atoms with Crippen molar-refractivity contribution in [3.8, 4) is 0 Å². The van der Waals surface area contributed by atoms with E-state index in [1.807, 2.05) is 19.3 Å². The van der Waals surface area contributed by atoms with Gasteiger partial charge in [0.05, 0.1) is 13.2 Å². The van der Waals surface area contributed by atoms with Crippen LogP contribution in [0, 0.1) is 6.92 Å². The number of nitrogens with two attached hydrogens (primary N) is 1. The largest absolute Gasteiger partial charge is 0.379 e. The zero-order chi connectivity index (χ0) is 13.4. The molecule has 0 unspecified atom stereocenters. The van der Waals surface area contributed by atoms with Crippen LogP contribution in [0.1, 0.15) is 19.7 Å². The lowest BCUT2D eigenvalue weighted by atomic mass is 10.3. The summed E-state index contributed by atoms with van der Waals surface area (Å²) in [7, 11) is 0. The first-order valence-corrected chi connectivity index (χ1v) is 6.64. The fourth-order valence-electron chi connectivity index (χ4n) is 1.87. The third-order valence-corrected chi connectivity index (χ3v) is 3.07. The highest BCUT2D eigenvalue weighted by molar-refractivity contribution is 4.88. The lowest BCUT2D eigenvalue weighted by molar-refractivity contribution is 0.0954. The highest BCUT2D eigenvalue weighted by Gasteiger charge is 2.09. The molecule has 0 bridgehead atoms. The molecule has 1 rings (SSSR count). The van der Waals surface area contributed by atoms with Gasteiger partial charge >= 0.3 is 0 Å². The van der Waals surface area contributed by atoms with Gasteiger partial charge in [0.15, 0.2) is 0 Å². The standard InChI is InChI=1S/C13H26N4O/c1-12(2)16(9-11-18-10-4-14)7-8-17-6-5-15-13(17)3/h5-6,12H,4,7-11,14H2,1-3H3. The molecule has 0 aliphatic heterocycles. The summed E-state index contributed by atoms with van der Waals surface area (Å²) < 4.78 is 7.62. The molecular formula is C13H26N4O. The molecule has 1 heterocycles. The van der Waals surface area contributed by atoms with Gasteiger partial charge in [0.1, 0.15) is 5.82 Å². The number of ether oxygens (including phenoxy) is 1. The van der Waals surface area contributed by atoms with Crippen LogP contribution in [0.4, 0.5) is 0 Å². The van der Waals surface area contributed by atoms with Crippen LogP contribution in [0.2, 0.25) is 0 Å². The first-order valence-electron chi connectivity index (χ1n) is 6.64. The van der Waals surface area contributed by atoms with E-state index in [0.717, 1.165) is 32.1 Å². The third-order valence-electron chi connectivity index (χ3n) is 3.07. The molecule has 18 heavy (non-hydrogen) atoms. The monoisotopic (exact) mass is 254 g/mol. The first-order chi connectivity index (χ1) is 8.65. The highest BCUT2D eigenvalue weighted by atomic mass is 16.5. The summed E-state index contributed by atoms with van der Waals surface area (Å²) in [6.45, 7) is 11.4. The van der Waals surface area contributed by atoms with Crippen LogP contribution in [0.15, 0.2) is 12.4 Å². The number of aryl methyl sites for hydroxylation is 1. The van der Waals surface area contributed by atoms with Crippen molar-refractivity contribution in [1.82, 2.24) is 14.5 Å². The maximum Gasteiger partial charge on any atom is 0.105 e. The Morgan fingerprint density at radius 2 is 2.17 bits per heavy atom. The van der Waals surface area contributed by atoms with Crippen molar-refractivity contribution in [2.45, 2.75) is 33.4 Å². The van der Waals surface area contributed by atoms with Gasteiger partial charge in [0.2, 0.25) is 0 Å². The van der Waals surface area contributed by atoms with Crippen molar-refractivity contribution < 1.29 is 4.74 Å². The number of rotatable bonds is 9. The van der Waals surface area contributed by atoms with Gasteiger partial charge in [-0.05, 0) is 20.8 Å². The van der Waals surface area contributed by atoms with E-state index in [0.29, 0.717) is 19.2 Å². The van der Waals surface area contributed by atoms with Gasteiger partial charge in [-0.3, -0.25) is 4.90 Å². The van der Waals surface area contributed by atoms with Gasteiger partial charge in [-0.25, -0.2) is 4.98 Å². The Labute approximate surface area is 110 Å². The second-order valence-corrected chi connectivity index (χ2v) is 4.70. The predicted octanol–water partition coefficient (Wildman–Crippen LogP) is 0.877. The maximum atomic E-state index is 5.44. The van der Waals surface area contributed by atoms with Gasteiger partial charge < -0.3 is 15.0 Å². The van der Waals surface area contributed by atoms with Crippen LogP contribution < -0.4 is 5.73 Å². The average molecular weight is 254 g/mol. The van der Waals surface area contributed by atoms with E-state index in [9.17, 15) is 0 Å². The summed E-state index contributed by atoms with van der Waals surface area (Å²) in [5, 5.41) is 0. The topological polar surface area (TPSA) is 56.3 Å². The van der Waals surface area contributed by atoms with E-state index >= 15 is 0 Å². The van der Waals surface area contributed by atoms with Gasteiger partial charge in [-0.1, -0.05) is 0 Å². The SMILES string of the molecule is Cc1nccn1CCN(CCOCCN)C(C)C. The smallest absolute Gasteiger partial charge is 0.105 e. The van der Waals surface area contributed by atoms with Crippen molar-refractivity contribution >= 4 is 0 Å². The van der Waals surface area contributed by atoms with E-state index in [1.165, 1.54) is 0 Å². The minimum Gasteiger partial charge on any atom is -0.379 e. The fourth-order valence-corrected chi connectivity index (χ4v) is 1.87. The Morgan fingerprint density at radius 1 is 1.39 bits per heavy atom. The molecule has 5 heteroatoms. The van der Waals surface area contributed by atoms with Crippen LogP contribution in [0.25, 0.3) is 0 Å². The molecule has 0 saturated heterocycles.